The molecule has 0 radical (unpaired) electrons. The van der Waals surface area contributed by atoms with Gasteiger partial charge in [-0.05, 0) is 11.1 Å². The van der Waals surface area contributed by atoms with E-state index in [-0.39, 0.29) is 59.1 Å². The third-order valence-electron chi connectivity index (χ3n) is 2.28. The van der Waals surface area contributed by atoms with E-state index in [1.54, 1.807) is 48.5 Å². The van der Waals surface area contributed by atoms with Crippen molar-refractivity contribution in [2.45, 2.75) is 0 Å². The van der Waals surface area contributed by atoms with Gasteiger partial charge in [0.25, 0.3) is 0 Å². The number of benzene rings is 2. The summed E-state index contributed by atoms with van der Waals surface area (Å²) in [7, 11) is 0. The zero-order chi connectivity index (χ0) is 11.4. The Balaban J connectivity index is 0.00000144. The van der Waals surface area contributed by atoms with Crippen molar-refractivity contribution in [3.05, 3.63) is 71.8 Å². The van der Waals surface area contributed by atoms with Crippen molar-refractivity contribution in [3.63, 3.8) is 0 Å². The molecule has 0 atom stereocenters. The van der Waals surface area contributed by atoms with Crippen LogP contribution in [0.15, 0.2) is 60.7 Å². The Morgan fingerprint density at radius 2 is 0.833 bits per heavy atom. The van der Waals surface area contributed by atoms with Crippen LogP contribution in [0.1, 0.15) is 11.1 Å². The summed E-state index contributed by atoms with van der Waals surface area (Å²) >= 11 is 0. The van der Waals surface area contributed by atoms with Gasteiger partial charge in [-0.15, -0.1) is 11.5 Å². The molecular formula is C14H10Na2O2. The average molecular weight is 256 g/mol. The predicted molar refractivity (Wildman–Crippen MR) is 59.7 cm³/mol. The van der Waals surface area contributed by atoms with Crippen molar-refractivity contribution in [1.29, 1.82) is 0 Å². The maximum Gasteiger partial charge on any atom is 1.00 e. The third-order valence-corrected chi connectivity index (χ3v) is 2.28. The molecule has 0 aromatic heterocycles. The Bertz CT molecular complexity index is 448. The number of rotatable bonds is 2. The Hall–Kier alpha value is -0.220. The van der Waals surface area contributed by atoms with Crippen LogP contribution in [0.25, 0.3) is 11.5 Å². The smallest absolute Gasteiger partial charge is 0.872 e. The quantitative estimate of drug-likeness (QED) is 0.308. The minimum atomic E-state index is -0.466. The van der Waals surface area contributed by atoms with Crippen LogP contribution >= 0.6 is 0 Å². The van der Waals surface area contributed by atoms with Crippen LogP contribution in [-0.4, -0.2) is 0 Å². The topological polar surface area (TPSA) is 46.1 Å². The summed E-state index contributed by atoms with van der Waals surface area (Å²) in [4.78, 5) is 0. The molecule has 0 unspecified atom stereocenters. The first-order valence-electron chi connectivity index (χ1n) is 4.98. The van der Waals surface area contributed by atoms with E-state index in [4.69, 9.17) is 0 Å². The largest absolute Gasteiger partial charge is 1.00 e. The zero-order valence-corrected chi connectivity index (χ0v) is 14.6. The Kier molecular flexibility index (Phi) is 8.70. The van der Waals surface area contributed by atoms with Crippen LogP contribution in [0.4, 0.5) is 0 Å². The molecule has 0 saturated heterocycles. The fourth-order valence-corrected chi connectivity index (χ4v) is 1.44. The second-order valence-electron chi connectivity index (χ2n) is 3.39. The van der Waals surface area contributed by atoms with E-state index in [1.807, 2.05) is 12.1 Å². The first-order chi connectivity index (χ1) is 7.79. The molecule has 0 heterocycles. The Morgan fingerprint density at radius 3 is 1.11 bits per heavy atom. The summed E-state index contributed by atoms with van der Waals surface area (Å²) in [5, 5.41) is 23.6. The Labute approximate surface area is 151 Å². The van der Waals surface area contributed by atoms with Gasteiger partial charge >= 0.3 is 59.1 Å². The maximum absolute atomic E-state index is 11.8. The van der Waals surface area contributed by atoms with Crippen molar-refractivity contribution in [2.75, 3.05) is 0 Å². The minimum absolute atomic E-state index is 0. The van der Waals surface area contributed by atoms with Gasteiger partial charge in [0.15, 0.2) is 0 Å². The molecule has 0 fully saturated rings. The second-order valence-corrected chi connectivity index (χ2v) is 3.39. The third kappa shape index (κ3) is 4.47. The number of hydrogen-bond acceptors (Lipinski definition) is 2. The van der Waals surface area contributed by atoms with Gasteiger partial charge in [0.2, 0.25) is 0 Å². The fraction of sp³-hybridized carbons (Fsp3) is 0. The molecule has 2 aromatic rings. The molecular weight excluding hydrogens is 246 g/mol. The maximum atomic E-state index is 11.8. The SMILES string of the molecule is [Na+].[Na+].[O-]/C(=C(\[O-])c1ccccc1)c1ccccc1. The summed E-state index contributed by atoms with van der Waals surface area (Å²) in [6.45, 7) is 0. The molecule has 0 amide bonds. The van der Waals surface area contributed by atoms with Gasteiger partial charge in [-0.1, -0.05) is 60.7 Å². The van der Waals surface area contributed by atoms with Crippen molar-refractivity contribution < 1.29 is 69.3 Å². The molecule has 2 rings (SSSR count). The van der Waals surface area contributed by atoms with Gasteiger partial charge in [0.1, 0.15) is 0 Å². The molecule has 0 N–H and O–H groups in total. The minimum Gasteiger partial charge on any atom is -0.872 e. The van der Waals surface area contributed by atoms with E-state index in [1.165, 1.54) is 0 Å². The standard InChI is InChI=1S/C14H12O2.2Na/c15-13(11-7-3-1-4-8-11)14(16)12-9-5-2-6-10-12;;/h1-10,15-16H;;/q;2*+1/p-2/b14-13-;;. The molecule has 2 nitrogen and oxygen atoms in total. The molecule has 4 heteroatoms. The molecule has 0 spiro atoms. The van der Waals surface area contributed by atoms with E-state index in [9.17, 15) is 10.2 Å². The van der Waals surface area contributed by atoms with Crippen LogP contribution in [0.5, 0.6) is 0 Å². The molecule has 80 valence electrons. The second kappa shape index (κ2) is 8.81. The van der Waals surface area contributed by atoms with E-state index >= 15 is 0 Å². The monoisotopic (exact) mass is 256 g/mol. The normalized spacial score (nSPS) is 10.7. The fourth-order valence-electron chi connectivity index (χ4n) is 1.44. The molecule has 0 aliphatic rings. The van der Waals surface area contributed by atoms with E-state index < -0.39 is 11.5 Å². The molecule has 0 bridgehead atoms. The summed E-state index contributed by atoms with van der Waals surface area (Å²) in [6.07, 6.45) is 0. The summed E-state index contributed by atoms with van der Waals surface area (Å²) in [5.41, 5.74) is 0.854. The molecule has 0 saturated carbocycles. The van der Waals surface area contributed by atoms with Gasteiger partial charge < -0.3 is 10.2 Å². The molecule has 18 heavy (non-hydrogen) atoms. The summed E-state index contributed by atoms with van der Waals surface area (Å²) < 4.78 is 0. The van der Waals surface area contributed by atoms with Crippen LogP contribution in [-0.2, 0) is 0 Å². The molecule has 2 aromatic carbocycles. The Morgan fingerprint density at radius 1 is 0.556 bits per heavy atom. The number of hydrogen-bond donors (Lipinski definition) is 0. The van der Waals surface area contributed by atoms with E-state index in [0.29, 0.717) is 11.1 Å². The summed E-state index contributed by atoms with van der Waals surface area (Å²) in [6, 6.07) is 17.2. The van der Waals surface area contributed by atoms with Gasteiger partial charge in [-0.3, -0.25) is 0 Å². The van der Waals surface area contributed by atoms with Crippen molar-refractivity contribution in [2.24, 2.45) is 0 Å². The molecule has 0 aliphatic carbocycles. The van der Waals surface area contributed by atoms with Gasteiger partial charge in [-0.2, -0.15) is 0 Å². The van der Waals surface area contributed by atoms with E-state index in [0.717, 1.165) is 0 Å². The zero-order valence-electron chi connectivity index (χ0n) is 10.6. The van der Waals surface area contributed by atoms with Gasteiger partial charge in [-0.25, -0.2) is 0 Å². The van der Waals surface area contributed by atoms with Crippen LogP contribution in [0, 0.1) is 0 Å². The first kappa shape index (κ1) is 17.8. The van der Waals surface area contributed by atoms with Crippen LogP contribution in [0.2, 0.25) is 0 Å². The predicted octanol–water partition coefficient (Wildman–Crippen LogP) is -4.76. The first-order valence-corrected chi connectivity index (χ1v) is 4.98. The average Bonchev–Trinajstić information content (AvgIpc) is 2.39. The van der Waals surface area contributed by atoms with Crippen LogP contribution in [0.3, 0.4) is 0 Å². The molecule has 0 aliphatic heterocycles. The van der Waals surface area contributed by atoms with Gasteiger partial charge in [0.05, 0.1) is 0 Å². The van der Waals surface area contributed by atoms with Gasteiger partial charge in [0, 0.05) is 0 Å². The van der Waals surface area contributed by atoms with Crippen molar-refractivity contribution in [3.8, 4) is 0 Å². The van der Waals surface area contributed by atoms with Crippen molar-refractivity contribution in [1.82, 2.24) is 0 Å². The summed E-state index contributed by atoms with van der Waals surface area (Å²) in [5.74, 6) is -0.932. The van der Waals surface area contributed by atoms with Crippen LogP contribution < -0.4 is 69.3 Å². The van der Waals surface area contributed by atoms with E-state index in [2.05, 4.69) is 0 Å². The van der Waals surface area contributed by atoms with Crippen molar-refractivity contribution >= 4 is 11.5 Å².